The van der Waals surface area contributed by atoms with Gasteiger partial charge >= 0.3 is 7.12 Å². The molecule has 3 nitrogen and oxygen atoms in total. The molecule has 0 atom stereocenters. The minimum absolute atomic E-state index is 0.155. The molecule has 0 saturated carbocycles. The van der Waals surface area contributed by atoms with E-state index in [0.717, 1.165) is 11.1 Å². The molecule has 0 spiro atoms. The van der Waals surface area contributed by atoms with Crippen LogP contribution in [0.4, 0.5) is 0 Å². The van der Waals surface area contributed by atoms with Crippen LogP contribution in [0.3, 0.4) is 0 Å². The Balaban J connectivity index is 1.80. The van der Waals surface area contributed by atoms with Crippen LogP contribution in [0.15, 0.2) is 96.9 Å². The zero-order chi connectivity index (χ0) is 29.6. The molecule has 4 aromatic carbocycles. The number of fused-ring (bicyclic) bond motifs is 3. The number of para-hydroxylation sites is 1. The van der Waals surface area contributed by atoms with Crippen molar-refractivity contribution in [2.75, 3.05) is 0 Å². The van der Waals surface area contributed by atoms with Gasteiger partial charge in [0.15, 0.2) is 0 Å². The molecule has 0 N–H and O–H groups in total. The Morgan fingerprint density at radius 1 is 0.735 bits per heavy atom. The first kappa shape index (κ1) is 14.8. The number of benzene rings is 4. The Morgan fingerprint density at radius 2 is 1.41 bits per heavy atom. The third kappa shape index (κ3) is 3.21. The Hall–Kier alpha value is -3.34. The summed E-state index contributed by atoms with van der Waals surface area (Å²) < 4.78 is 75.7. The molecule has 0 unspecified atom stereocenters. The molecule has 0 aliphatic carbocycles. The van der Waals surface area contributed by atoms with Gasteiger partial charge in [0, 0.05) is 16.5 Å². The molecule has 1 fully saturated rings. The van der Waals surface area contributed by atoms with Gasteiger partial charge in [0.2, 0.25) is 0 Å². The van der Waals surface area contributed by atoms with Crippen molar-refractivity contribution in [1.82, 2.24) is 4.57 Å². The van der Waals surface area contributed by atoms with Crippen LogP contribution in [0.2, 0.25) is 0 Å². The lowest BCUT2D eigenvalue weighted by Crippen LogP contribution is -2.41. The predicted octanol–water partition coefficient (Wildman–Crippen LogP) is 6.75. The minimum Gasteiger partial charge on any atom is -0.399 e. The van der Waals surface area contributed by atoms with Crippen LogP contribution < -0.4 is 5.46 Å². The number of hydrogen-bond acceptors (Lipinski definition) is 2. The zero-order valence-electron chi connectivity index (χ0n) is 26.5. The highest BCUT2D eigenvalue weighted by Gasteiger charge is 2.52. The summed E-state index contributed by atoms with van der Waals surface area (Å²) in [5, 5.41) is 0.407. The zero-order valence-corrected chi connectivity index (χ0v) is 19.5. The Bertz CT molecular complexity index is 1870. The van der Waals surface area contributed by atoms with Crippen molar-refractivity contribution < 1.29 is 18.9 Å². The quantitative estimate of drug-likeness (QED) is 0.283. The summed E-state index contributed by atoms with van der Waals surface area (Å²) in [7, 11) is -1.09. The fraction of sp³-hybridized carbons (Fsp3) is 0.200. The molecule has 34 heavy (non-hydrogen) atoms. The van der Waals surface area contributed by atoms with Crippen molar-refractivity contribution >= 4 is 34.4 Å². The van der Waals surface area contributed by atoms with E-state index in [0.29, 0.717) is 5.69 Å². The molecular formula is C30H28BNO2. The summed E-state index contributed by atoms with van der Waals surface area (Å²) in [5.74, 6) is 0. The smallest absolute Gasteiger partial charge is 0.399 e. The predicted molar refractivity (Wildman–Crippen MR) is 142 cm³/mol. The van der Waals surface area contributed by atoms with E-state index in [9.17, 15) is 0 Å². The van der Waals surface area contributed by atoms with Gasteiger partial charge in [-0.3, -0.25) is 0 Å². The third-order valence-corrected chi connectivity index (χ3v) is 6.95. The lowest BCUT2D eigenvalue weighted by molar-refractivity contribution is 0.00578. The number of hydrogen-bond donors (Lipinski definition) is 0. The van der Waals surface area contributed by atoms with Crippen LogP contribution in [0.1, 0.15) is 37.3 Å². The maximum absolute atomic E-state index is 9.01. The topological polar surface area (TPSA) is 23.4 Å². The average Bonchev–Trinajstić information content (AvgIpc) is 3.40. The van der Waals surface area contributed by atoms with Gasteiger partial charge in [0.25, 0.3) is 0 Å². The molecule has 1 aliphatic heterocycles. The molecule has 5 aromatic rings. The SMILES string of the molecule is [2H]c1c([2H])c([2H])c2c(c1[2H])c1c(B3OC(C)(C)C(C)(C)O3)c([2H])c([2H])c([2H])c1n2-c1cccc(-c2ccccc2)c1. The van der Waals surface area contributed by atoms with Crippen molar-refractivity contribution in [3.8, 4) is 16.8 Å². The second kappa shape index (κ2) is 7.59. The van der Waals surface area contributed by atoms with Crippen LogP contribution in [0.5, 0.6) is 0 Å². The maximum Gasteiger partial charge on any atom is 0.495 e. The monoisotopic (exact) mass is 452 g/mol. The van der Waals surface area contributed by atoms with E-state index in [1.54, 1.807) is 10.6 Å². The number of nitrogens with zero attached hydrogens (tertiary/aromatic N) is 1. The summed E-state index contributed by atoms with van der Waals surface area (Å²) in [6.07, 6.45) is 0. The molecule has 0 radical (unpaired) electrons. The summed E-state index contributed by atoms with van der Waals surface area (Å²) in [6, 6.07) is 14.9. The summed E-state index contributed by atoms with van der Waals surface area (Å²) in [5.41, 5.74) is 1.39. The van der Waals surface area contributed by atoms with E-state index in [-0.39, 0.29) is 57.5 Å². The van der Waals surface area contributed by atoms with Gasteiger partial charge in [0.05, 0.1) is 31.8 Å². The van der Waals surface area contributed by atoms with Crippen LogP contribution in [0, 0.1) is 0 Å². The van der Waals surface area contributed by atoms with Gasteiger partial charge in [0.1, 0.15) is 0 Å². The van der Waals surface area contributed by atoms with Crippen molar-refractivity contribution in [2.24, 2.45) is 0 Å². The van der Waals surface area contributed by atoms with E-state index < -0.39 is 30.4 Å². The molecular weight excluding hydrogens is 417 g/mol. The highest BCUT2D eigenvalue weighted by atomic mass is 16.7. The molecule has 168 valence electrons. The highest BCUT2D eigenvalue weighted by Crippen LogP contribution is 2.38. The Labute approximate surface area is 210 Å². The van der Waals surface area contributed by atoms with E-state index in [1.165, 1.54) is 0 Å². The van der Waals surface area contributed by atoms with Crippen molar-refractivity contribution in [3.05, 3.63) is 96.9 Å². The van der Waals surface area contributed by atoms with Crippen molar-refractivity contribution in [2.45, 2.75) is 38.9 Å². The maximum atomic E-state index is 9.01. The van der Waals surface area contributed by atoms with Gasteiger partial charge in [-0.05, 0) is 68.5 Å². The molecule has 4 heteroatoms. The first-order valence-corrected chi connectivity index (χ1v) is 11.3. The molecule has 6 rings (SSSR count). The second-order valence-corrected chi connectivity index (χ2v) is 9.58. The number of aromatic nitrogens is 1. The van der Waals surface area contributed by atoms with Crippen LogP contribution in [-0.2, 0) is 9.31 Å². The lowest BCUT2D eigenvalue weighted by atomic mass is 9.76. The third-order valence-electron chi connectivity index (χ3n) is 6.95. The summed E-state index contributed by atoms with van der Waals surface area (Å²) >= 11 is 0. The van der Waals surface area contributed by atoms with Gasteiger partial charge in [-0.2, -0.15) is 0 Å². The molecule has 1 aromatic heterocycles. The standard InChI is InChI=1S/C30H28BNO2/c1-29(2)30(3,4)34-31(33-29)25-17-11-19-27-28(25)24-16-8-9-18-26(24)32(27)23-15-10-14-22(20-23)21-12-6-5-7-13-21/h5-20H,1-4H3/i8D,9D,11D,16D,17D,18D,19D. The van der Waals surface area contributed by atoms with E-state index in [2.05, 4.69) is 0 Å². The average molecular weight is 452 g/mol. The lowest BCUT2D eigenvalue weighted by Gasteiger charge is -2.32. The van der Waals surface area contributed by atoms with Crippen molar-refractivity contribution in [3.63, 3.8) is 0 Å². The molecule has 1 saturated heterocycles. The molecule has 0 amide bonds. The summed E-state index contributed by atoms with van der Waals surface area (Å²) in [4.78, 5) is 0. The fourth-order valence-electron chi connectivity index (χ4n) is 4.45. The Morgan fingerprint density at radius 3 is 2.18 bits per heavy atom. The summed E-state index contributed by atoms with van der Waals surface area (Å²) in [6.45, 7) is 7.50. The van der Waals surface area contributed by atoms with Gasteiger partial charge < -0.3 is 13.9 Å². The normalized spacial score (nSPS) is 19.9. The van der Waals surface area contributed by atoms with Crippen LogP contribution in [0.25, 0.3) is 38.6 Å². The second-order valence-electron chi connectivity index (χ2n) is 9.58. The number of rotatable bonds is 3. The first-order valence-electron chi connectivity index (χ1n) is 14.8. The Kier molecular flexibility index (Phi) is 3.31. The van der Waals surface area contributed by atoms with Crippen LogP contribution >= 0.6 is 0 Å². The van der Waals surface area contributed by atoms with Gasteiger partial charge in [-0.1, -0.05) is 72.7 Å². The first-order chi connectivity index (χ1) is 19.3. The van der Waals surface area contributed by atoms with E-state index in [1.807, 2.05) is 76.2 Å². The highest BCUT2D eigenvalue weighted by molar-refractivity contribution is 6.66. The van der Waals surface area contributed by atoms with Gasteiger partial charge in [-0.25, -0.2) is 0 Å². The molecule has 2 heterocycles. The van der Waals surface area contributed by atoms with Crippen LogP contribution in [-0.4, -0.2) is 22.9 Å². The molecule has 1 aliphatic rings. The van der Waals surface area contributed by atoms with Crippen molar-refractivity contribution in [1.29, 1.82) is 0 Å². The van der Waals surface area contributed by atoms with E-state index in [4.69, 9.17) is 18.9 Å². The van der Waals surface area contributed by atoms with Gasteiger partial charge in [-0.15, -0.1) is 0 Å². The molecule has 0 bridgehead atoms. The largest absolute Gasteiger partial charge is 0.495 e. The van der Waals surface area contributed by atoms with E-state index >= 15 is 0 Å². The fourth-order valence-corrected chi connectivity index (χ4v) is 4.45. The minimum atomic E-state index is -1.09.